The van der Waals surface area contributed by atoms with Crippen LogP contribution < -0.4 is 9.04 Å². The fraction of sp³-hybridized carbons (Fsp3) is 0.0968. The molecule has 202 valence electrons. The molecular formula is C31H25NO7S. The van der Waals surface area contributed by atoms with Gasteiger partial charge in [-0.3, -0.25) is 4.31 Å². The maximum Gasteiger partial charge on any atom is 0.343 e. The zero-order valence-electron chi connectivity index (χ0n) is 21.7. The number of anilines is 1. The van der Waals surface area contributed by atoms with Gasteiger partial charge in [-0.2, -0.15) is 0 Å². The Hall–Kier alpha value is -4.89. The van der Waals surface area contributed by atoms with Gasteiger partial charge < -0.3 is 13.9 Å². The lowest BCUT2D eigenvalue weighted by molar-refractivity contribution is 0.0528. The summed E-state index contributed by atoms with van der Waals surface area (Å²) in [4.78, 5) is 25.9. The number of hydrogen-bond acceptors (Lipinski definition) is 7. The van der Waals surface area contributed by atoms with Crippen molar-refractivity contribution < 1.29 is 31.9 Å². The third-order valence-electron chi connectivity index (χ3n) is 6.23. The normalized spacial score (nSPS) is 11.2. The van der Waals surface area contributed by atoms with Gasteiger partial charge in [0.1, 0.15) is 22.7 Å². The fourth-order valence-corrected chi connectivity index (χ4v) is 5.47. The highest BCUT2D eigenvalue weighted by Gasteiger charge is 2.25. The second kappa shape index (κ2) is 11.1. The number of hydrogen-bond donors (Lipinski definition) is 0. The second-order valence-electron chi connectivity index (χ2n) is 8.78. The predicted octanol–water partition coefficient (Wildman–Crippen LogP) is 6.32. The lowest BCUT2D eigenvalue weighted by Gasteiger charge is -2.19. The molecule has 5 aromatic rings. The van der Waals surface area contributed by atoms with E-state index in [1.165, 1.54) is 43.4 Å². The van der Waals surface area contributed by atoms with Crippen LogP contribution in [0.25, 0.3) is 22.3 Å². The molecule has 9 heteroatoms. The number of sulfonamides is 1. The van der Waals surface area contributed by atoms with E-state index >= 15 is 0 Å². The number of para-hydroxylation sites is 1. The Bertz CT molecular complexity index is 1800. The number of furan rings is 1. The zero-order chi connectivity index (χ0) is 28.3. The van der Waals surface area contributed by atoms with E-state index in [2.05, 4.69) is 0 Å². The molecule has 0 unspecified atom stereocenters. The van der Waals surface area contributed by atoms with Crippen LogP contribution in [-0.4, -0.2) is 34.0 Å². The standard InChI is InChI=1S/C31H25NO7S/c1-3-37-31(34)28-26-20-24(17-18-27(26)39-29(28)21-11-6-4-7-12-21)38-30(33)22-13-10-16-25(19-22)40(35,36)32(2)23-14-8-5-9-15-23/h4-20H,3H2,1-2H3. The summed E-state index contributed by atoms with van der Waals surface area (Å²) in [5, 5.41) is 0.420. The first-order chi connectivity index (χ1) is 19.3. The number of nitrogens with zero attached hydrogens (tertiary/aromatic N) is 1. The molecule has 0 spiro atoms. The number of fused-ring (bicyclic) bond motifs is 1. The Morgan fingerprint density at radius 3 is 2.23 bits per heavy atom. The van der Waals surface area contributed by atoms with Gasteiger partial charge >= 0.3 is 11.9 Å². The van der Waals surface area contributed by atoms with Gasteiger partial charge in [0.15, 0.2) is 0 Å². The highest BCUT2D eigenvalue weighted by atomic mass is 32.2. The molecular weight excluding hydrogens is 530 g/mol. The van der Waals surface area contributed by atoms with Crippen molar-refractivity contribution in [2.45, 2.75) is 11.8 Å². The summed E-state index contributed by atoms with van der Waals surface area (Å²) >= 11 is 0. The first kappa shape index (κ1) is 26.7. The van der Waals surface area contributed by atoms with Crippen molar-refractivity contribution >= 4 is 38.6 Å². The minimum Gasteiger partial charge on any atom is -0.462 e. The molecule has 0 bridgehead atoms. The molecule has 0 radical (unpaired) electrons. The Labute approximate surface area is 231 Å². The van der Waals surface area contributed by atoms with Gasteiger partial charge in [-0.1, -0.05) is 54.6 Å². The summed E-state index contributed by atoms with van der Waals surface area (Å²) in [7, 11) is -2.49. The molecule has 0 N–H and O–H groups in total. The molecule has 0 saturated carbocycles. The molecule has 0 atom stereocenters. The number of carbonyl (C=O) groups is 2. The number of benzene rings is 4. The Morgan fingerprint density at radius 2 is 1.52 bits per heavy atom. The highest BCUT2D eigenvalue weighted by Crippen LogP contribution is 2.36. The Balaban J connectivity index is 1.46. The quantitative estimate of drug-likeness (QED) is 0.163. The molecule has 8 nitrogen and oxygen atoms in total. The van der Waals surface area contributed by atoms with E-state index in [0.29, 0.717) is 28.0 Å². The molecule has 0 aliphatic rings. The zero-order valence-corrected chi connectivity index (χ0v) is 22.6. The van der Waals surface area contributed by atoms with Gasteiger partial charge in [0.05, 0.1) is 22.8 Å². The number of esters is 2. The van der Waals surface area contributed by atoms with E-state index in [-0.39, 0.29) is 28.4 Å². The molecule has 0 aliphatic carbocycles. The van der Waals surface area contributed by atoms with E-state index < -0.39 is 22.0 Å². The summed E-state index contributed by atoms with van der Waals surface area (Å²) < 4.78 is 44.4. The minimum atomic E-state index is -3.93. The number of rotatable bonds is 8. The van der Waals surface area contributed by atoms with Gasteiger partial charge in [-0.25, -0.2) is 18.0 Å². The van der Waals surface area contributed by atoms with E-state index in [0.717, 1.165) is 4.31 Å². The smallest absolute Gasteiger partial charge is 0.343 e. The van der Waals surface area contributed by atoms with E-state index in [1.807, 2.05) is 30.3 Å². The van der Waals surface area contributed by atoms with Crippen LogP contribution in [0.1, 0.15) is 27.6 Å². The van der Waals surface area contributed by atoms with Crippen LogP contribution in [0.4, 0.5) is 5.69 Å². The number of ether oxygens (including phenoxy) is 2. The number of carbonyl (C=O) groups excluding carboxylic acids is 2. The fourth-order valence-electron chi connectivity index (χ4n) is 4.22. The molecule has 5 rings (SSSR count). The summed E-state index contributed by atoms with van der Waals surface area (Å²) in [5.41, 5.74) is 1.86. The molecule has 0 aliphatic heterocycles. The average molecular weight is 556 g/mol. The van der Waals surface area contributed by atoms with Crippen LogP contribution in [-0.2, 0) is 14.8 Å². The van der Waals surface area contributed by atoms with Crippen molar-refractivity contribution in [3.8, 4) is 17.1 Å². The lowest BCUT2D eigenvalue weighted by Crippen LogP contribution is -2.26. The SMILES string of the molecule is CCOC(=O)c1c(-c2ccccc2)oc2ccc(OC(=O)c3cccc(S(=O)(=O)N(C)c4ccccc4)c3)cc12. The van der Waals surface area contributed by atoms with Crippen LogP contribution in [0, 0.1) is 0 Å². The molecule has 0 saturated heterocycles. The molecule has 0 fully saturated rings. The van der Waals surface area contributed by atoms with Gasteiger partial charge in [-0.05, 0) is 55.5 Å². The van der Waals surface area contributed by atoms with Gasteiger partial charge in [-0.15, -0.1) is 0 Å². The van der Waals surface area contributed by atoms with Crippen molar-refractivity contribution in [1.29, 1.82) is 0 Å². The van der Waals surface area contributed by atoms with Crippen molar-refractivity contribution in [3.05, 3.63) is 114 Å². The largest absolute Gasteiger partial charge is 0.462 e. The monoisotopic (exact) mass is 555 g/mol. The van der Waals surface area contributed by atoms with Crippen molar-refractivity contribution in [2.75, 3.05) is 18.0 Å². The summed E-state index contributed by atoms with van der Waals surface area (Å²) in [5.74, 6) is -0.830. The molecule has 4 aromatic carbocycles. The predicted molar refractivity (Wildman–Crippen MR) is 151 cm³/mol. The van der Waals surface area contributed by atoms with Crippen LogP contribution >= 0.6 is 0 Å². The minimum absolute atomic E-state index is 0.0467. The van der Waals surface area contributed by atoms with Crippen LogP contribution in [0.3, 0.4) is 0 Å². The molecule has 0 amide bonds. The molecule has 40 heavy (non-hydrogen) atoms. The van der Waals surface area contributed by atoms with E-state index in [4.69, 9.17) is 13.9 Å². The Kier molecular flexibility index (Phi) is 7.39. The average Bonchev–Trinajstić information content (AvgIpc) is 3.37. The van der Waals surface area contributed by atoms with Crippen LogP contribution in [0.2, 0.25) is 0 Å². The van der Waals surface area contributed by atoms with Crippen LogP contribution in [0.5, 0.6) is 5.75 Å². The summed E-state index contributed by atoms with van der Waals surface area (Å²) in [6.45, 7) is 1.88. The summed E-state index contributed by atoms with van der Waals surface area (Å²) in [6, 6.07) is 28.1. The van der Waals surface area contributed by atoms with Crippen molar-refractivity contribution in [1.82, 2.24) is 0 Å². The molecule has 1 aromatic heterocycles. The lowest BCUT2D eigenvalue weighted by atomic mass is 10.1. The second-order valence-corrected chi connectivity index (χ2v) is 10.7. The van der Waals surface area contributed by atoms with Crippen molar-refractivity contribution in [2.24, 2.45) is 0 Å². The van der Waals surface area contributed by atoms with Gasteiger partial charge in [0, 0.05) is 18.0 Å². The highest BCUT2D eigenvalue weighted by molar-refractivity contribution is 7.92. The topological polar surface area (TPSA) is 103 Å². The van der Waals surface area contributed by atoms with Crippen molar-refractivity contribution in [3.63, 3.8) is 0 Å². The maximum atomic E-state index is 13.2. The van der Waals surface area contributed by atoms with Gasteiger partial charge in [0.25, 0.3) is 10.0 Å². The molecule has 1 heterocycles. The Morgan fingerprint density at radius 1 is 0.825 bits per heavy atom. The van der Waals surface area contributed by atoms with Gasteiger partial charge in [0.2, 0.25) is 0 Å². The maximum absolute atomic E-state index is 13.2. The third kappa shape index (κ3) is 5.19. The summed E-state index contributed by atoms with van der Waals surface area (Å²) in [6.07, 6.45) is 0. The van der Waals surface area contributed by atoms with Crippen LogP contribution in [0.15, 0.2) is 112 Å². The third-order valence-corrected chi connectivity index (χ3v) is 8.02. The van der Waals surface area contributed by atoms with E-state index in [9.17, 15) is 18.0 Å². The van der Waals surface area contributed by atoms with E-state index in [1.54, 1.807) is 43.3 Å². The first-order valence-electron chi connectivity index (χ1n) is 12.4. The first-order valence-corrected chi connectivity index (χ1v) is 13.9.